The largest absolute Gasteiger partial charge is 0.357 e. The van der Waals surface area contributed by atoms with Gasteiger partial charge in [-0.25, -0.2) is 0 Å². The summed E-state index contributed by atoms with van der Waals surface area (Å²) in [5.74, 6) is 1.66. The molecule has 1 aromatic heterocycles. The molecule has 1 atom stereocenters. The average Bonchev–Trinajstić information content (AvgIpc) is 3.10. The van der Waals surface area contributed by atoms with Gasteiger partial charge in [-0.2, -0.15) is 5.10 Å². The summed E-state index contributed by atoms with van der Waals surface area (Å²) in [6, 6.07) is 0.783. The predicted octanol–water partition coefficient (Wildman–Crippen LogP) is 2.75. The number of nitrogens with zero attached hydrogens (tertiary/aromatic N) is 4. The number of fused-ring (bicyclic) bond motifs is 1. The van der Waals surface area contributed by atoms with Crippen LogP contribution < -0.4 is 10.6 Å². The molecule has 0 bridgehead atoms. The Morgan fingerprint density at radius 1 is 1.31 bits per heavy atom. The Hall–Kier alpha value is -1.32. The molecular weight excluding hydrogens is 479 g/mol. The molecule has 8 heteroatoms. The first kappa shape index (κ1) is 24.0. The van der Waals surface area contributed by atoms with Gasteiger partial charge >= 0.3 is 0 Å². The van der Waals surface area contributed by atoms with Crippen molar-refractivity contribution in [3.8, 4) is 0 Å². The van der Waals surface area contributed by atoms with E-state index < -0.39 is 0 Å². The number of hydrogen-bond donors (Lipinski definition) is 2. The van der Waals surface area contributed by atoms with E-state index in [0.29, 0.717) is 18.0 Å². The van der Waals surface area contributed by atoms with Gasteiger partial charge in [0, 0.05) is 57.8 Å². The SMILES string of the molecule is CCNC(=NCC1CCN(C(C)=O)CC1)NC1CCc2cn(C(C)C)nc2C1.I. The molecule has 2 heterocycles. The Morgan fingerprint density at radius 3 is 2.66 bits per heavy atom. The molecule has 0 saturated carbocycles. The van der Waals surface area contributed by atoms with Gasteiger partial charge in [0.25, 0.3) is 0 Å². The lowest BCUT2D eigenvalue weighted by Gasteiger charge is -2.30. The average molecular weight is 516 g/mol. The number of likely N-dealkylation sites (tertiary alicyclic amines) is 1. The van der Waals surface area contributed by atoms with Crippen LogP contribution in [0.4, 0.5) is 0 Å². The van der Waals surface area contributed by atoms with E-state index in [1.165, 1.54) is 11.3 Å². The molecule has 164 valence electrons. The number of carbonyl (C=O) groups is 1. The lowest BCUT2D eigenvalue weighted by molar-refractivity contribution is -0.130. The highest BCUT2D eigenvalue weighted by Gasteiger charge is 2.24. The molecule has 2 aliphatic rings. The van der Waals surface area contributed by atoms with E-state index in [1.54, 1.807) is 6.92 Å². The van der Waals surface area contributed by atoms with Crippen LogP contribution in [-0.4, -0.2) is 58.8 Å². The number of nitrogens with one attached hydrogen (secondary N) is 2. The van der Waals surface area contributed by atoms with Gasteiger partial charge in [-0.1, -0.05) is 0 Å². The number of aryl methyl sites for hydroxylation is 1. The molecule has 29 heavy (non-hydrogen) atoms. The van der Waals surface area contributed by atoms with Gasteiger partial charge in [0.1, 0.15) is 0 Å². The molecular formula is C21H37IN6O. The van der Waals surface area contributed by atoms with Crippen LogP contribution in [0.3, 0.4) is 0 Å². The molecule has 2 N–H and O–H groups in total. The lowest BCUT2D eigenvalue weighted by atomic mass is 9.94. The molecule has 0 spiro atoms. The van der Waals surface area contributed by atoms with Crippen molar-refractivity contribution >= 4 is 35.8 Å². The highest BCUT2D eigenvalue weighted by atomic mass is 127. The summed E-state index contributed by atoms with van der Waals surface area (Å²) in [6.07, 6.45) is 7.43. The Kier molecular flexibility index (Phi) is 9.23. The summed E-state index contributed by atoms with van der Waals surface area (Å²) in [7, 11) is 0. The number of carbonyl (C=O) groups excluding carboxylic acids is 1. The molecule has 0 aromatic carbocycles. The smallest absolute Gasteiger partial charge is 0.219 e. The number of aromatic nitrogens is 2. The van der Waals surface area contributed by atoms with Crippen molar-refractivity contribution in [3.05, 3.63) is 17.5 Å². The first-order valence-electron chi connectivity index (χ1n) is 10.8. The maximum atomic E-state index is 11.5. The second-order valence-corrected chi connectivity index (χ2v) is 8.43. The summed E-state index contributed by atoms with van der Waals surface area (Å²) in [4.78, 5) is 18.3. The van der Waals surface area contributed by atoms with Crippen molar-refractivity contribution in [1.82, 2.24) is 25.3 Å². The minimum atomic E-state index is 0. The van der Waals surface area contributed by atoms with Crippen molar-refractivity contribution in [2.24, 2.45) is 10.9 Å². The van der Waals surface area contributed by atoms with E-state index in [4.69, 9.17) is 10.1 Å². The summed E-state index contributed by atoms with van der Waals surface area (Å²) < 4.78 is 2.08. The molecule has 1 amide bonds. The summed E-state index contributed by atoms with van der Waals surface area (Å²) in [5, 5.41) is 11.8. The fourth-order valence-electron chi connectivity index (χ4n) is 4.06. The van der Waals surface area contributed by atoms with E-state index in [1.807, 2.05) is 4.90 Å². The van der Waals surface area contributed by atoms with Crippen LogP contribution in [0.2, 0.25) is 0 Å². The van der Waals surface area contributed by atoms with Crippen molar-refractivity contribution in [3.63, 3.8) is 0 Å². The molecule has 1 fully saturated rings. The zero-order chi connectivity index (χ0) is 20.1. The standard InChI is InChI=1S/C21H36N6O.HI/c1-5-22-21(23-13-17-8-10-26(11-9-17)16(4)28)24-19-7-6-18-14-27(15(2)3)25-20(18)12-19;/h14-15,17,19H,5-13H2,1-4H3,(H2,22,23,24);1H. The summed E-state index contributed by atoms with van der Waals surface area (Å²) in [5.41, 5.74) is 2.62. The quantitative estimate of drug-likeness (QED) is 0.359. The van der Waals surface area contributed by atoms with Crippen LogP contribution in [0.5, 0.6) is 0 Å². The van der Waals surface area contributed by atoms with Crippen LogP contribution in [0.15, 0.2) is 11.2 Å². The normalized spacial score (nSPS) is 20.2. The van der Waals surface area contributed by atoms with Crippen LogP contribution in [0, 0.1) is 5.92 Å². The number of hydrogen-bond acceptors (Lipinski definition) is 3. The molecule has 0 radical (unpaired) electrons. The van der Waals surface area contributed by atoms with Crippen molar-refractivity contribution < 1.29 is 4.79 Å². The fourth-order valence-corrected chi connectivity index (χ4v) is 4.06. The third-order valence-corrected chi connectivity index (χ3v) is 5.88. The van der Waals surface area contributed by atoms with E-state index in [0.717, 1.165) is 64.2 Å². The third-order valence-electron chi connectivity index (χ3n) is 5.88. The Morgan fingerprint density at radius 2 is 2.03 bits per heavy atom. The molecule has 1 aliphatic heterocycles. The zero-order valence-electron chi connectivity index (χ0n) is 18.3. The number of rotatable bonds is 5. The molecule has 7 nitrogen and oxygen atoms in total. The Balaban J connectivity index is 0.00000300. The van der Waals surface area contributed by atoms with E-state index in [9.17, 15) is 4.79 Å². The minimum absolute atomic E-state index is 0. The second-order valence-electron chi connectivity index (χ2n) is 8.43. The van der Waals surface area contributed by atoms with Crippen LogP contribution in [-0.2, 0) is 17.6 Å². The van der Waals surface area contributed by atoms with Gasteiger partial charge in [0.2, 0.25) is 5.91 Å². The van der Waals surface area contributed by atoms with Crippen molar-refractivity contribution in [2.45, 2.75) is 71.9 Å². The Bertz CT molecular complexity index is 693. The topological polar surface area (TPSA) is 74.6 Å². The fraction of sp³-hybridized carbons (Fsp3) is 0.762. The molecule has 1 aromatic rings. The van der Waals surface area contributed by atoms with Gasteiger partial charge in [-0.3, -0.25) is 14.5 Å². The first-order valence-corrected chi connectivity index (χ1v) is 10.8. The van der Waals surface area contributed by atoms with Gasteiger partial charge in [0.15, 0.2) is 5.96 Å². The number of halogens is 1. The first-order chi connectivity index (χ1) is 13.5. The predicted molar refractivity (Wildman–Crippen MR) is 128 cm³/mol. The highest BCUT2D eigenvalue weighted by molar-refractivity contribution is 14.0. The zero-order valence-corrected chi connectivity index (χ0v) is 20.6. The third kappa shape index (κ3) is 6.58. The minimum Gasteiger partial charge on any atom is -0.357 e. The van der Waals surface area contributed by atoms with Crippen LogP contribution in [0.25, 0.3) is 0 Å². The molecule has 1 saturated heterocycles. The van der Waals surface area contributed by atoms with E-state index >= 15 is 0 Å². The monoisotopic (exact) mass is 516 g/mol. The molecule has 3 rings (SSSR count). The van der Waals surface area contributed by atoms with Gasteiger partial charge in [0.05, 0.1) is 5.69 Å². The lowest BCUT2D eigenvalue weighted by Crippen LogP contribution is -2.46. The van der Waals surface area contributed by atoms with Crippen LogP contribution in [0.1, 0.15) is 64.3 Å². The molecule has 1 unspecified atom stereocenters. The van der Waals surface area contributed by atoms with E-state index in [2.05, 4.69) is 42.3 Å². The van der Waals surface area contributed by atoms with Gasteiger partial charge in [-0.05, 0) is 57.9 Å². The molecule has 1 aliphatic carbocycles. The van der Waals surface area contributed by atoms with Crippen LogP contribution >= 0.6 is 24.0 Å². The number of amides is 1. The number of aliphatic imine (C=N–C) groups is 1. The summed E-state index contributed by atoms with van der Waals surface area (Å²) >= 11 is 0. The van der Waals surface area contributed by atoms with Gasteiger partial charge < -0.3 is 15.5 Å². The second kappa shape index (κ2) is 11.2. The maximum absolute atomic E-state index is 11.5. The Labute approximate surface area is 192 Å². The maximum Gasteiger partial charge on any atom is 0.219 e. The number of piperidine rings is 1. The summed E-state index contributed by atoms with van der Waals surface area (Å²) in [6.45, 7) is 11.5. The van der Waals surface area contributed by atoms with E-state index in [-0.39, 0.29) is 29.9 Å². The van der Waals surface area contributed by atoms with Crippen molar-refractivity contribution in [2.75, 3.05) is 26.2 Å². The van der Waals surface area contributed by atoms with Gasteiger partial charge in [-0.15, -0.1) is 24.0 Å². The highest BCUT2D eigenvalue weighted by Crippen LogP contribution is 2.22. The van der Waals surface area contributed by atoms with Crippen molar-refractivity contribution in [1.29, 1.82) is 0 Å². The number of guanidine groups is 1.